The SMILES string of the molecule is Cc1ccc(C(C)C)cc1C1NCC1C. The van der Waals surface area contributed by atoms with E-state index in [2.05, 4.69) is 51.2 Å². The Morgan fingerprint density at radius 3 is 2.53 bits per heavy atom. The van der Waals surface area contributed by atoms with Gasteiger partial charge >= 0.3 is 0 Å². The predicted molar refractivity (Wildman–Crippen MR) is 65.2 cm³/mol. The summed E-state index contributed by atoms with van der Waals surface area (Å²) >= 11 is 0. The smallest absolute Gasteiger partial charge is 0.0361 e. The van der Waals surface area contributed by atoms with Gasteiger partial charge in [-0.25, -0.2) is 0 Å². The van der Waals surface area contributed by atoms with Crippen LogP contribution in [-0.2, 0) is 0 Å². The first kappa shape index (κ1) is 10.7. The molecule has 0 spiro atoms. The number of benzene rings is 1. The molecule has 1 N–H and O–H groups in total. The molecule has 0 bridgehead atoms. The minimum Gasteiger partial charge on any atom is -0.309 e. The molecule has 2 unspecified atom stereocenters. The van der Waals surface area contributed by atoms with Gasteiger partial charge in [0.1, 0.15) is 0 Å². The van der Waals surface area contributed by atoms with Gasteiger partial charge in [-0.2, -0.15) is 0 Å². The van der Waals surface area contributed by atoms with Crippen molar-refractivity contribution in [2.24, 2.45) is 5.92 Å². The summed E-state index contributed by atoms with van der Waals surface area (Å²) in [6, 6.07) is 7.49. The molecule has 1 aromatic rings. The second-order valence-electron chi connectivity index (χ2n) is 5.13. The van der Waals surface area contributed by atoms with Crippen LogP contribution in [0.3, 0.4) is 0 Å². The van der Waals surface area contributed by atoms with Gasteiger partial charge in [0.15, 0.2) is 0 Å². The van der Waals surface area contributed by atoms with Gasteiger partial charge in [0.25, 0.3) is 0 Å². The molecular formula is C14H21N. The summed E-state index contributed by atoms with van der Waals surface area (Å²) in [6.45, 7) is 10.2. The first-order chi connectivity index (χ1) is 7.09. The highest BCUT2D eigenvalue weighted by Gasteiger charge is 2.28. The van der Waals surface area contributed by atoms with Crippen LogP contribution in [0.15, 0.2) is 18.2 Å². The van der Waals surface area contributed by atoms with Crippen molar-refractivity contribution in [3.63, 3.8) is 0 Å². The average molecular weight is 203 g/mol. The standard InChI is InChI=1S/C14H21N/c1-9(2)12-6-5-10(3)13(7-12)14-11(4)8-15-14/h5-7,9,11,14-15H,8H2,1-4H3. The molecule has 1 aromatic carbocycles. The fourth-order valence-electron chi connectivity index (χ4n) is 2.24. The average Bonchev–Trinajstić information content (AvgIpc) is 2.18. The van der Waals surface area contributed by atoms with Crippen molar-refractivity contribution in [1.29, 1.82) is 0 Å². The minimum atomic E-state index is 0.587. The van der Waals surface area contributed by atoms with Crippen molar-refractivity contribution in [1.82, 2.24) is 5.32 Å². The van der Waals surface area contributed by atoms with E-state index < -0.39 is 0 Å². The Labute approximate surface area is 92.9 Å². The molecule has 15 heavy (non-hydrogen) atoms. The van der Waals surface area contributed by atoms with Crippen molar-refractivity contribution < 1.29 is 0 Å². The maximum atomic E-state index is 3.52. The van der Waals surface area contributed by atoms with Crippen molar-refractivity contribution in [2.75, 3.05) is 6.54 Å². The van der Waals surface area contributed by atoms with Crippen LogP contribution in [0.1, 0.15) is 49.4 Å². The lowest BCUT2D eigenvalue weighted by Gasteiger charge is -2.37. The molecule has 0 aromatic heterocycles. The summed E-state index contributed by atoms with van der Waals surface area (Å²) in [4.78, 5) is 0. The second-order valence-corrected chi connectivity index (χ2v) is 5.13. The lowest BCUT2D eigenvalue weighted by molar-refractivity contribution is 0.257. The van der Waals surface area contributed by atoms with Crippen molar-refractivity contribution in [2.45, 2.75) is 39.7 Å². The van der Waals surface area contributed by atoms with Gasteiger partial charge in [0, 0.05) is 12.6 Å². The number of hydrogen-bond acceptors (Lipinski definition) is 1. The van der Waals surface area contributed by atoms with Crippen molar-refractivity contribution in [3.8, 4) is 0 Å². The zero-order chi connectivity index (χ0) is 11.0. The Morgan fingerprint density at radius 2 is 2.07 bits per heavy atom. The van der Waals surface area contributed by atoms with Gasteiger partial charge in [-0.1, -0.05) is 39.0 Å². The van der Waals surface area contributed by atoms with Crippen LogP contribution in [0.25, 0.3) is 0 Å². The molecule has 1 heterocycles. The van der Waals surface area contributed by atoms with E-state index in [-0.39, 0.29) is 0 Å². The molecule has 1 fully saturated rings. The zero-order valence-corrected chi connectivity index (χ0v) is 10.2. The molecule has 0 aliphatic carbocycles. The Kier molecular flexibility index (Phi) is 2.83. The van der Waals surface area contributed by atoms with E-state index in [0.29, 0.717) is 12.0 Å². The predicted octanol–water partition coefficient (Wildman–Crippen LogP) is 3.40. The first-order valence-corrected chi connectivity index (χ1v) is 5.93. The molecule has 1 aliphatic heterocycles. The van der Waals surface area contributed by atoms with Crippen LogP contribution >= 0.6 is 0 Å². The van der Waals surface area contributed by atoms with Crippen LogP contribution < -0.4 is 5.32 Å². The normalized spacial score (nSPS) is 25.4. The van der Waals surface area contributed by atoms with Gasteiger partial charge < -0.3 is 5.32 Å². The highest BCUT2D eigenvalue weighted by atomic mass is 15.0. The van der Waals surface area contributed by atoms with Gasteiger partial charge in [-0.05, 0) is 35.4 Å². The quantitative estimate of drug-likeness (QED) is 0.777. The first-order valence-electron chi connectivity index (χ1n) is 5.93. The number of hydrogen-bond donors (Lipinski definition) is 1. The second kappa shape index (κ2) is 3.97. The van der Waals surface area contributed by atoms with Crippen LogP contribution in [-0.4, -0.2) is 6.54 Å². The third kappa shape index (κ3) is 1.93. The molecular weight excluding hydrogens is 182 g/mol. The Morgan fingerprint density at radius 1 is 1.33 bits per heavy atom. The summed E-state index contributed by atoms with van der Waals surface area (Å²) in [5.74, 6) is 1.41. The Bertz CT molecular complexity index is 354. The van der Waals surface area contributed by atoms with E-state index in [0.717, 1.165) is 12.5 Å². The molecule has 0 saturated carbocycles. The fourth-order valence-corrected chi connectivity index (χ4v) is 2.24. The summed E-state index contributed by atoms with van der Waals surface area (Å²) in [7, 11) is 0. The van der Waals surface area contributed by atoms with Gasteiger partial charge in [-0.3, -0.25) is 0 Å². The molecule has 1 nitrogen and oxygen atoms in total. The molecule has 82 valence electrons. The van der Waals surface area contributed by atoms with E-state index in [4.69, 9.17) is 0 Å². The summed E-state index contributed by atoms with van der Waals surface area (Å²) in [5, 5.41) is 3.52. The largest absolute Gasteiger partial charge is 0.309 e. The lowest BCUT2D eigenvalue weighted by atomic mass is 9.84. The van der Waals surface area contributed by atoms with Crippen LogP contribution in [0.2, 0.25) is 0 Å². The molecule has 1 heteroatoms. The van der Waals surface area contributed by atoms with E-state index >= 15 is 0 Å². The maximum absolute atomic E-state index is 3.52. The number of rotatable bonds is 2. The van der Waals surface area contributed by atoms with Crippen molar-refractivity contribution in [3.05, 3.63) is 34.9 Å². The molecule has 1 aliphatic rings. The van der Waals surface area contributed by atoms with Crippen LogP contribution in [0.5, 0.6) is 0 Å². The Balaban J connectivity index is 2.32. The van der Waals surface area contributed by atoms with E-state index in [9.17, 15) is 0 Å². The van der Waals surface area contributed by atoms with Gasteiger partial charge in [-0.15, -0.1) is 0 Å². The van der Waals surface area contributed by atoms with Gasteiger partial charge in [0.05, 0.1) is 0 Å². The molecule has 0 radical (unpaired) electrons. The minimum absolute atomic E-state index is 0.587. The van der Waals surface area contributed by atoms with E-state index in [1.54, 1.807) is 0 Å². The summed E-state index contributed by atoms with van der Waals surface area (Å²) in [6.07, 6.45) is 0. The van der Waals surface area contributed by atoms with E-state index in [1.807, 2.05) is 0 Å². The molecule has 1 saturated heterocycles. The maximum Gasteiger partial charge on any atom is 0.0361 e. The lowest BCUT2D eigenvalue weighted by Crippen LogP contribution is -2.44. The monoisotopic (exact) mass is 203 g/mol. The van der Waals surface area contributed by atoms with Crippen molar-refractivity contribution >= 4 is 0 Å². The topological polar surface area (TPSA) is 12.0 Å². The summed E-state index contributed by atoms with van der Waals surface area (Å²) < 4.78 is 0. The third-order valence-corrected chi connectivity index (χ3v) is 3.53. The Hall–Kier alpha value is -0.820. The fraction of sp³-hybridized carbons (Fsp3) is 0.571. The van der Waals surface area contributed by atoms with E-state index in [1.165, 1.54) is 16.7 Å². The number of nitrogens with one attached hydrogen (secondary N) is 1. The highest BCUT2D eigenvalue weighted by molar-refractivity contribution is 5.36. The van der Waals surface area contributed by atoms with Crippen LogP contribution in [0, 0.1) is 12.8 Å². The highest BCUT2D eigenvalue weighted by Crippen LogP contribution is 2.32. The number of aryl methyl sites for hydroxylation is 1. The molecule has 2 rings (SSSR count). The molecule has 0 amide bonds. The third-order valence-electron chi connectivity index (χ3n) is 3.53. The summed E-state index contributed by atoms with van der Waals surface area (Å²) in [5.41, 5.74) is 4.37. The van der Waals surface area contributed by atoms with Gasteiger partial charge in [0.2, 0.25) is 0 Å². The van der Waals surface area contributed by atoms with Crippen LogP contribution in [0.4, 0.5) is 0 Å². The molecule has 2 atom stereocenters. The zero-order valence-electron chi connectivity index (χ0n) is 10.2.